The molecule has 0 radical (unpaired) electrons. The molecule has 0 aliphatic heterocycles. The van der Waals surface area contributed by atoms with Crippen molar-refractivity contribution in [1.82, 2.24) is 0 Å². The van der Waals surface area contributed by atoms with Gasteiger partial charge in [-0.1, -0.05) is 11.6 Å². The number of rotatable bonds is 2. The van der Waals surface area contributed by atoms with Crippen LogP contribution < -0.4 is 5.32 Å². The predicted octanol–water partition coefficient (Wildman–Crippen LogP) is 4.40. The molecule has 0 atom stereocenters. The first-order valence-electron chi connectivity index (χ1n) is 5.33. The summed E-state index contributed by atoms with van der Waals surface area (Å²) in [6.45, 7) is 1.69. The van der Waals surface area contributed by atoms with Gasteiger partial charge in [0.15, 0.2) is 0 Å². The summed E-state index contributed by atoms with van der Waals surface area (Å²) in [7, 11) is 0. The van der Waals surface area contributed by atoms with Gasteiger partial charge in [-0.3, -0.25) is 0 Å². The van der Waals surface area contributed by atoms with E-state index in [1.807, 2.05) is 0 Å². The number of benzene rings is 2. The molecule has 2 nitrogen and oxygen atoms in total. The van der Waals surface area contributed by atoms with Crippen LogP contribution in [-0.4, -0.2) is 0 Å². The second-order valence-electron chi connectivity index (χ2n) is 3.89. The minimum absolute atomic E-state index is 0.253. The maximum atomic E-state index is 13.1. The lowest BCUT2D eigenvalue weighted by Crippen LogP contribution is -1.95. The highest BCUT2D eigenvalue weighted by molar-refractivity contribution is 6.30. The van der Waals surface area contributed by atoms with Crippen LogP contribution in [0.5, 0.6) is 0 Å². The molecule has 1 N–H and O–H groups in total. The van der Waals surface area contributed by atoms with Crippen molar-refractivity contribution in [3.05, 3.63) is 58.4 Å². The lowest BCUT2D eigenvalue weighted by molar-refractivity contribution is 0.619. The molecule has 0 saturated heterocycles. The summed E-state index contributed by atoms with van der Waals surface area (Å²) in [5, 5.41) is 12.6. The topological polar surface area (TPSA) is 35.8 Å². The van der Waals surface area contributed by atoms with Gasteiger partial charge in [0.05, 0.1) is 11.3 Å². The lowest BCUT2D eigenvalue weighted by atomic mass is 10.1. The second-order valence-corrected chi connectivity index (χ2v) is 4.33. The van der Waals surface area contributed by atoms with Gasteiger partial charge >= 0.3 is 0 Å². The Hall–Kier alpha value is -2.05. The highest BCUT2D eigenvalue weighted by Gasteiger charge is 2.04. The van der Waals surface area contributed by atoms with Crippen molar-refractivity contribution >= 4 is 23.0 Å². The zero-order chi connectivity index (χ0) is 13.1. The molecule has 0 fully saturated rings. The Morgan fingerprint density at radius 3 is 2.67 bits per heavy atom. The molecule has 4 heteroatoms. The number of hydrogen-bond donors (Lipinski definition) is 1. The number of halogens is 2. The van der Waals surface area contributed by atoms with E-state index in [1.165, 1.54) is 6.07 Å². The van der Waals surface area contributed by atoms with Crippen LogP contribution in [0.3, 0.4) is 0 Å². The van der Waals surface area contributed by atoms with Gasteiger partial charge in [0.2, 0.25) is 0 Å². The summed E-state index contributed by atoms with van der Waals surface area (Å²) in [4.78, 5) is 0. The van der Waals surface area contributed by atoms with Crippen molar-refractivity contribution in [1.29, 1.82) is 5.26 Å². The van der Waals surface area contributed by atoms with Crippen molar-refractivity contribution in [2.45, 2.75) is 6.92 Å². The molecule has 2 rings (SSSR count). The molecule has 0 aliphatic rings. The summed E-state index contributed by atoms with van der Waals surface area (Å²) in [5.41, 5.74) is 2.37. The van der Waals surface area contributed by atoms with Crippen molar-refractivity contribution < 1.29 is 4.39 Å². The van der Waals surface area contributed by atoms with Crippen LogP contribution in [0.1, 0.15) is 11.1 Å². The standard InChI is InChI=1S/C14H10ClFN2/c1-9-6-12(3-4-13(9)16)18-14-5-2-11(15)7-10(14)8-17/h2-7,18H,1H3. The first kappa shape index (κ1) is 12.4. The van der Waals surface area contributed by atoms with Crippen LogP contribution in [0.2, 0.25) is 5.02 Å². The average molecular weight is 261 g/mol. The molecule has 90 valence electrons. The predicted molar refractivity (Wildman–Crippen MR) is 70.6 cm³/mol. The minimum atomic E-state index is -0.253. The van der Waals surface area contributed by atoms with Crippen LogP contribution >= 0.6 is 11.6 Å². The summed E-state index contributed by atoms with van der Waals surface area (Å²) in [5.74, 6) is -0.253. The zero-order valence-electron chi connectivity index (χ0n) is 9.67. The lowest BCUT2D eigenvalue weighted by Gasteiger charge is -2.09. The Bertz CT molecular complexity index is 632. The maximum absolute atomic E-state index is 13.1. The number of nitrogens with one attached hydrogen (secondary N) is 1. The van der Waals surface area contributed by atoms with Crippen molar-refractivity contribution in [3.63, 3.8) is 0 Å². The van der Waals surface area contributed by atoms with Gasteiger partial charge in [-0.2, -0.15) is 5.26 Å². The van der Waals surface area contributed by atoms with Crippen molar-refractivity contribution in [2.24, 2.45) is 0 Å². The molecule has 2 aromatic carbocycles. The average Bonchev–Trinajstić information content (AvgIpc) is 2.36. The molecule has 18 heavy (non-hydrogen) atoms. The fourth-order valence-electron chi connectivity index (χ4n) is 1.60. The van der Waals surface area contributed by atoms with Gasteiger partial charge in [-0.15, -0.1) is 0 Å². The Balaban J connectivity index is 2.34. The normalized spacial score (nSPS) is 9.89. The first-order chi connectivity index (χ1) is 8.60. The minimum Gasteiger partial charge on any atom is -0.354 e. The van der Waals surface area contributed by atoms with Gasteiger partial charge in [0, 0.05) is 10.7 Å². The molecular formula is C14H10ClFN2. The number of nitrogens with zero attached hydrogens (tertiary/aromatic N) is 1. The third kappa shape index (κ3) is 2.61. The van der Waals surface area contributed by atoms with E-state index in [9.17, 15) is 4.39 Å². The van der Waals surface area contributed by atoms with E-state index in [1.54, 1.807) is 37.3 Å². The molecule has 2 aromatic rings. The van der Waals surface area contributed by atoms with E-state index in [0.717, 1.165) is 5.69 Å². The number of nitriles is 1. The number of hydrogen-bond acceptors (Lipinski definition) is 2. The molecule has 0 aliphatic carbocycles. The van der Waals surface area contributed by atoms with E-state index in [-0.39, 0.29) is 5.82 Å². The van der Waals surface area contributed by atoms with Crippen LogP contribution in [0, 0.1) is 24.1 Å². The van der Waals surface area contributed by atoms with E-state index >= 15 is 0 Å². The molecule has 0 amide bonds. The molecule has 0 unspecified atom stereocenters. The highest BCUT2D eigenvalue weighted by Crippen LogP contribution is 2.24. The van der Waals surface area contributed by atoms with Crippen LogP contribution in [0.25, 0.3) is 0 Å². The largest absolute Gasteiger partial charge is 0.354 e. The Morgan fingerprint density at radius 2 is 2.00 bits per heavy atom. The molecule has 0 aromatic heterocycles. The molecule has 0 spiro atoms. The van der Waals surface area contributed by atoms with Crippen molar-refractivity contribution in [3.8, 4) is 6.07 Å². The zero-order valence-corrected chi connectivity index (χ0v) is 10.4. The Morgan fingerprint density at radius 1 is 1.22 bits per heavy atom. The molecule has 0 bridgehead atoms. The Labute approximate surface area is 110 Å². The third-order valence-electron chi connectivity index (χ3n) is 2.54. The maximum Gasteiger partial charge on any atom is 0.126 e. The SMILES string of the molecule is Cc1cc(Nc2ccc(Cl)cc2C#N)ccc1F. The van der Waals surface area contributed by atoms with Crippen LogP contribution in [-0.2, 0) is 0 Å². The molecular weight excluding hydrogens is 251 g/mol. The summed E-state index contributed by atoms with van der Waals surface area (Å²) in [6, 6.07) is 11.8. The van der Waals surface area contributed by atoms with E-state index in [2.05, 4.69) is 11.4 Å². The summed E-state index contributed by atoms with van der Waals surface area (Å²) >= 11 is 5.82. The van der Waals surface area contributed by atoms with Gasteiger partial charge in [-0.25, -0.2) is 4.39 Å². The van der Waals surface area contributed by atoms with Gasteiger partial charge in [0.25, 0.3) is 0 Å². The van der Waals surface area contributed by atoms with Crippen LogP contribution in [0.4, 0.5) is 15.8 Å². The van der Waals surface area contributed by atoms with Crippen LogP contribution in [0.15, 0.2) is 36.4 Å². The molecule has 0 saturated carbocycles. The molecule has 0 heterocycles. The van der Waals surface area contributed by atoms with E-state index < -0.39 is 0 Å². The van der Waals surface area contributed by atoms with Gasteiger partial charge < -0.3 is 5.32 Å². The van der Waals surface area contributed by atoms with E-state index in [0.29, 0.717) is 21.8 Å². The second kappa shape index (κ2) is 5.07. The fourth-order valence-corrected chi connectivity index (χ4v) is 1.77. The number of aryl methyl sites for hydroxylation is 1. The fraction of sp³-hybridized carbons (Fsp3) is 0.0714. The Kier molecular flexibility index (Phi) is 3.50. The summed E-state index contributed by atoms with van der Waals surface area (Å²) in [6.07, 6.45) is 0. The number of anilines is 2. The highest BCUT2D eigenvalue weighted by atomic mass is 35.5. The smallest absolute Gasteiger partial charge is 0.126 e. The monoisotopic (exact) mass is 260 g/mol. The quantitative estimate of drug-likeness (QED) is 0.869. The van der Waals surface area contributed by atoms with Crippen molar-refractivity contribution in [2.75, 3.05) is 5.32 Å². The third-order valence-corrected chi connectivity index (χ3v) is 2.77. The van der Waals surface area contributed by atoms with Gasteiger partial charge in [0.1, 0.15) is 11.9 Å². The van der Waals surface area contributed by atoms with E-state index in [4.69, 9.17) is 16.9 Å². The summed E-state index contributed by atoms with van der Waals surface area (Å²) < 4.78 is 13.1. The first-order valence-corrected chi connectivity index (χ1v) is 5.71. The van der Waals surface area contributed by atoms with Gasteiger partial charge in [-0.05, 0) is 48.9 Å².